The summed E-state index contributed by atoms with van der Waals surface area (Å²) in [7, 11) is 0. The zero-order valence-corrected chi connectivity index (χ0v) is 14.6. The number of nitrogens with one attached hydrogen (secondary N) is 1. The van der Waals surface area contributed by atoms with Crippen LogP contribution in [0.5, 0.6) is 5.75 Å². The molecule has 0 bridgehead atoms. The van der Waals surface area contributed by atoms with Crippen LogP contribution in [0.2, 0.25) is 0 Å². The molecule has 1 aromatic carbocycles. The molecule has 0 saturated carbocycles. The maximum Gasteiger partial charge on any atom is 0.410 e. The Labute approximate surface area is 139 Å². The first-order chi connectivity index (χ1) is 10.9. The molecule has 1 atom stereocenters. The number of ether oxygens (including phenoxy) is 2. The summed E-state index contributed by atoms with van der Waals surface area (Å²) in [5, 5.41) is 3.36. The van der Waals surface area contributed by atoms with Gasteiger partial charge in [0, 0.05) is 19.6 Å². The molecule has 5 heteroatoms. The number of amides is 1. The minimum Gasteiger partial charge on any atom is -0.494 e. The standard InChI is InChI=1S/C18H28N2O3/c1-5-22-16-8-6-14(7-9-16)12-15-13-19-10-11-20(15)17(21)23-18(2,3)4/h6-9,15,19H,5,10-13H2,1-4H3. The number of carbonyl (C=O) groups excluding carboxylic acids is 1. The molecule has 1 unspecified atom stereocenters. The van der Waals surface area contributed by atoms with E-state index in [0.717, 1.165) is 25.3 Å². The van der Waals surface area contributed by atoms with Crippen LogP contribution in [-0.2, 0) is 11.2 Å². The smallest absolute Gasteiger partial charge is 0.410 e. The van der Waals surface area contributed by atoms with E-state index in [1.807, 2.05) is 44.7 Å². The fraction of sp³-hybridized carbons (Fsp3) is 0.611. The van der Waals surface area contributed by atoms with E-state index in [1.165, 1.54) is 5.56 Å². The first-order valence-electron chi connectivity index (χ1n) is 8.31. The van der Waals surface area contributed by atoms with Crippen molar-refractivity contribution in [1.29, 1.82) is 0 Å². The van der Waals surface area contributed by atoms with E-state index in [1.54, 1.807) is 0 Å². The Morgan fingerprint density at radius 2 is 2.00 bits per heavy atom. The van der Waals surface area contributed by atoms with Gasteiger partial charge in [-0.3, -0.25) is 0 Å². The number of carbonyl (C=O) groups is 1. The summed E-state index contributed by atoms with van der Waals surface area (Å²) in [6.07, 6.45) is 0.577. The molecule has 1 aromatic rings. The second-order valence-electron chi connectivity index (χ2n) is 6.81. The molecule has 1 fully saturated rings. The molecular formula is C18H28N2O3. The lowest BCUT2D eigenvalue weighted by Gasteiger charge is -2.37. The zero-order valence-electron chi connectivity index (χ0n) is 14.6. The maximum absolute atomic E-state index is 12.4. The molecule has 128 valence electrons. The van der Waals surface area contributed by atoms with Crippen molar-refractivity contribution in [2.24, 2.45) is 0 Å². The second kappa shape index (κ2) is 7.68. The summed E-state index contributed by atoms with van der Waals surface area (Å²) >= 11 is 0. The SMILES string of the molecule is CCOc1ccc(CC2CNCCN2C(=O)OC(C)(C)C)cc1. The molecule has 2 rings (SSSR count). The van der Waals surface area contributed by atoms with Crippen LogP contribution < -0.4 is 10.1 Å². The first kappa shape index (κ1) is 17.6. The summed E-state index contributed by atoms with van der Waals surface area (Å²) in [6.45, 7) is 10.6. The van der Waals surface area contributed by atoms with Crippen molar-refractivity contribution in [2.75, 3.05) is 26.2 Å². The van der Waals surface area contributed by atoms with Gasteiger partial charge in [-0.05, 0) is 51.8 Å². The van der Waals surface area contributed by atoms with Gasteiger partial charge in [-0.15, -0.1) is 0 Å². The van der Waals surface area contributed by atoms with Gasteiger partial charge >= 0.3 is 6.09 Å². The molecule has 23 heavy (non-hydrogen) atoms. The highest BCUT2D eigenvalue weighted by Gasteiger charge is 2.30. The highest BCUT2D eigenvalue weighted by atomic mass is 16.6. The van der Waals surface area contributed by atoms with Crippen LogP contribution in [0.1, 0.15) is 33.3 Å². The quantitative estimate of drug-likeness (QED) is 0.927. The minimum absolute atomic E-state index is 0.108. The van der Waals surface area contributed by atoms with E-state index in [2.05, 4.69) is 17.4 Å². The van der Waals surface area contributed by atoms with Crippen molar-refractivity contribution in [2.45, 2.75) is 45.8 Å². The van der Waals surface area contributed by atoms with Crippen LogP contribution in [0.15, 0.2) is 24.3 Å². The highest BCUT2D eigenvalue weighted by molar-refractivity contribution is 5.68. The van der Waals surface area contributed by atoms with E-state index in [-0.39, 0.29) is 12.1 Å². The first-order valence-corrected chi connectivity index (χ1v) is 8.31. The average Bonchev–Trinajstić information content (AvgIpc) is 2.48. The molecule has 1 aliphatic rings. The topological polar surface area (TPSA) is 50.8 Å². The molecule has 0 aromatic heterocycles. The van der Waals surface area contributed by atoms with Crippen molar-refractivity contribution in [1.82, 2.24) is 10.2 Å². The van der Waals surface area contributed by atoms with Gasteiger partial charge in [-0.2, -0.15) is 0 Å². The summed E-state index contributed by atoms with van der Waals surface area (Å²) < 4.78 is 11.0. The summed E-state index contributed by atoms with van der Waals surface area (Å²) in [5.41, 5.74) is 0.724. The Morgan fingerprint density at radius 3 is 2.61 bits per heavy atom. The number of hydrogen-bond donors (Lipinski definition) is 1. The van der Waals surface area contributed by atoms with Crippen LogP contribution in [0.25, 0.3) is 0 Å². The zero-order chi connectivity index (χ0) is 16.9. The van der Waals surface area contributed by atoms with Gasteiger partial charge in [0.05, 0.1) is 12.6 Å². The Kier molecular flexibility index (Phi) is 5.88. The van der Waals surface area contributed by atoms with Crippen LogP contribution >= 0.6 is 0 Å². The Balaban J connectivity index is 2.01. The minimum atomic E-state index is -0.467. The third-order valence-electron chi connectivity index (χ3n) is 3.68. The largest absolute Gasteiger partial charge is 0.494 e. The molecule has 1 amide bonds. The summed E-state index contributed by atoms with van der Waals surface area (Å²) in [4.78, 5) is 14.3. The predicted molar refractivity (Wildman–Crippen MR) is 90.9 cm³/mol. The van der Waals surface area contributed by atoms with Crippen molar-refractivity contribution in [3.63, 3.8) is 0 Å². The number of hydrogen-bond acceptors (Lipinski definition) is 4. The molecule has 0 spiro atoms. The molecular weight excluding hydrogens is 292 g/mol. The lowest BCUT2D eigenvalue weighted by atomic mass is 10.0. The molecule has 1 aliphatic heterocycles. The fourth-order valence-electron chi connectivity index (χ4n) is 2.66. The Hall–Kier alpha value is -1.75. The second-order valence-corrected chi connectivity index (χ2v) is 6.81. The van der Waals surface area contributed by atoms with Gasteiger partial charge in [-0.1, -0.05) is 12.1 Å². The Bertz CT molecular complexity index is 508. The van der Waals surface area contributed by atoms with Crippen LogP contribution in [-0.4, -0.2) is 48.9 Å². The molecule has 1 saturated heterocycles. The predicted octanol–water partition coefficient (Wildman–Crippen LogP) is 2.84. The molecule has 1 N–H and O–H groups in total. The van der Waals surface area contributed by atoms with Gasteiger partial charge in [0.2, 0.25) is 0 Å². The third kappa shape index (κ3) is 5.43. The number of nitrogens with zero attached hydrogens (tertiary/aromatic N) is 1. The lowest BCUT2D eigenvalue weighted by Crippen LogP contribution is -2.55. The van der Waals surface area contributed by atoms with Crippen LogP contribution in [0.4, 0.5) is 4.79 Å². The van der Waals surface area contributed by atoms with Gasteiger partial charge in [0.1, 0.15) is 11.4 Å². The van der Waals surface area contributed by atoms with Crippen molar-refractivity contribution in [3.05, 3.63) is 29.8 Å². The van der Waals surface area contributed by atoms with E-state index in [4.69, 9.17) is 9.47 Å². The Morgan fingerprint density at radius 1 is 1.30 bits per heavy atom. The summed E-state index contributed by atoms with van der Waals surface area (Å²) in [5.74, 6) is 0.877. The van der Waals surface area contributed by atoms with E-state index >= 15 is 0 Å². The fourth-order valence-corrected chi connectivity index (χ4v) is 2.66. The third-order valence-corrected chi connectivity index (χ3v) is 3.68. The van der Waals surface area contributed by atoms with Crippen LogP contribution in [0, 0.1) is 0 Å². The normalized spacial score (nSPS) is 18.6. The van der Waals surface area contributed by atoms with Gasteiger partial charge < -0.3 is 19.7 Å². The highest BCUT2D eigenvalue weighted by Crippen LogP contribution is 2.18. The van der Waals surface area contributed by atoms with Crippen molar-refractivity contribution in [3.8, 4) is 5.75 Å². The van der Waals surface area contributed by atoms with E-state index in [9.17, 15) is 4.79 Å². The van der Waals surface area contributed by atoms with Gasteiger partial charge in [0.15, 0.2) is 0 Å². The van der Waals surface area contributed by atoms with E-state index in [0.29, 0.717) is 13.2 Å². The summed E-state index contributed by atoms with van der Waals surface area (Å²) in [6, 6.07) is 8.19. The van der Waals surface area contributed by atoms with E-state index < -0.39 is 5.60 Å². The number of rotatable bonds is 4. The van der Waals surface area contributed by atoms with Gasteiger partial charge in [0.25, 0.3) is 0 Å². The maximum atomic E-state index is 12.4. The molecule has 1 heterocycles. The molecule has 0 aliphatic carbocycles. The van der Waals surface area contributed by atoms with Crippen molar-refractivity contribution >= 4 is 6.09 Å². The number of benzene rings is 1. The van der Waals surface area contributed by atoms with Gasteiger partial charge in [-0.25, -0.2) is 4.79 Å². The molecule has 5 nitrogen and oxygen atoms in total. The monoisotopic (exact) mass is 320 g/mol. The lowest BCUT2D eigenvalue weighted by molar-refractivity contribution is 0.0122. The average molecular weight is 320 g/mol. The van der Waals surface area contributed by atoms with Crippen molar-refractivity contribution < 1.29 is 14.3 Å². The molecule has 0 radical (unpaired) electrons. The number of piperazine rings is 1. The van der Waals surface area contributed by atoms with Crippen LogP contribution in [0.3, 0.4) is 0 Å².